The van der Waals surface area contributed by atoms with E-state index in [0.29, 0.717) is 22.9 Å². The van der Waals surface area contributed by atoms with Gasteiger partial charge in [-0.15, -0.1) is 11.3 Å². The topological polar surface area (TPSA) is 64.6 Å². The first-order chi connectivity index (χ1) is 13.1. The minimum Gasteiger partial charge on any atom is -0.493 e. The molecule has 0 saturated carbocycles. The van der Waals surface area contributed by atoms with Crippen molar-refractivity contribution < 1.29 is 19.1 Å². The number of benzene rings is 2. The number of hydrogen-bond donors (Lipinski definition) is 1. The molecule has 7 heteroatoms. The zero-order chi connectivity index (χ0) is 19.1. The zero-order valence-corrected chi connectivity index (χ0v) is 16.0. The van der Waals surface area contributed by atoms with Crippen LogP contribution in [-0.2, 0) is 9.53 Å². The van der Waals surface area contributed by atoms with E-state index >= 15 is 0 Å². The van der Waals surface area contributed by atoms with Gasteiger partial charge in [-0.25, -0.2) is 0 Å². The molecule has 1 N–H and O–H groups in total. The summed E-state index contributed by atoms with van der Waals surface area (Å²) in [5.41, 5.74) is 0. The van der Waals surface area contributed by atoms with Crippen molar-refractivity contribution >= 4 is 44.9 Å². The van der Waals surface area contributed by atoms with Crippen LogP contribution in [0.1, 0.15) is 16.1 Å². The van der Waals surface area contributed by atoms with E-state index in [4.69, 9.17) is 21.1 Å². The second-order valence-corrected chi connectivity index (χ2v) is 7.09. The minimum absolute atomic E-state index is 0.205. The highest BCUT2D eigenvalue weighted by Crippen LogP contribution is 2.34. The number of esters is 1. The Kier molecular flexibility index (Phi) is 6.68. The summed E-state index contributed by atoms with van der Waals surface area (Å²) in [5.74, 6) is -0.109. The number of halogens is 1. The molecule has 0 spiro atoms. The van der Waals surface area contributed by atoms with E-state index < -0.39 is 5.97 Å². The highest BCUT2D eigenvalue weighted by molar-refractivity contribution is 7.21. The van der Waals surface area contributed by atoms with Crippen LogP contribution in [0, 0.1) is 0 Å². The van der Waals surface area contributed by atoms with Gasteiger partial charge in [-0.2, -0.15) is 0 Å². The molecule has 1 aromatic heterocycles. The van der Waals surface area contributed by atoms with Gasteiger partial charge < -0.3 is 14.8 Å². The van der Waals surface area contributed by atoms with Crippen molar-refractivity contribution in [2.75, 3.05) is 19.8 Å². The third kappa shape index (κ3) is 5.21. The fraction of sp³-hybridized carbons (Fsp3) is 0.200. The Morgan fingerprint density at radius 2 is 1.74 bits per heavy atom. The number of nitrogens with one attached hydrogen (secondary N) is 1. The number of thiophene rings is 1. The van der Waals surface area contributed by atoms with E-state index in [0.717, 1.165) is 15.8 Å². The van der Waals surface area contributed by atoms with Gasteiger partial charge in [-0.1, -0.05) is 48.0 Å². The fourth-order valence-corrected chi connectivity index (χ4v) is 3.83. The summed E-state index contributed by atoms with van der Waals surface area (Å²) in [4.78, 5) is 24.4. The number of hydrogen-bond acceptors (Lipinski definition) is 5. The molecule has 1 amide bonds. The number of fused-ring (bicyclic) bond motifs is 1. The molecule has 5 nitrogen and oxygen atoms in total. The molecule has 0 unspecified atom stereocenters. The quantitative estimate of drug-likeness (QED) is 0.450. The van der Waals surface area contributed by atoms with E-state index in [1.54, 1.807) is 0 Å². The lowest BCUT2D eigenvalue weighted by atomic mass is 10.2. The predicted octanol–water partition coefficient (Wildman–Crippen LogP) is 4.30. The number of para-hydroxylation sites is 1. The van der Waals surface area contributed by atoms with Crippen molar-refractivity contribution in [3.8, 4) is 5.75 Å². The predicted molar refractivity (Wildman–Crippen MR) is 107 cm³/mol. The lowest BCUT2D eigenvalue weighted by Crippen LogP contribution is -2.30. The SMILES string of the molecule is O=C(CNC(=O)c1sc2ccccc2c1Cl)OCCCOc1ccccc1. The normalized spacial score (nSPS) is 10.6. The first-order valence-corrected chi connectivity index (χ1v) is 9.63. The first kappa shape index (κ1) is 19.2. The Hall–Kier alpha value is -2.57. The second kappa shape index (κ2) is 9.39. The molecule has 0 radical (unpaired) electrons. The van der Waals surface area contributed by atoms with Crippen molar-refractivity contribution in [1.29, 1.82) is 0 Å². The number of carbonyl (C=O) groups excluding carboxylic acids is 2. The maximum Gasteiger partial charge on any atom is 0.325 e. The van der Waals surface area contributed by atoms with Crippen molar-refractivity contribution in [2.45, 2.75) is 6.42 Å². The van der Waals surface area contributed by atoms with E-state index in [-0.39, 0.29) is 19.1 Å². The molecular weight excluding hydrogens is 386 g/mol. The molecule has 2 aromatic carbocycles. The number of carbonyl (C=O) groups is 2. The van der Waals surface area contributed by atoms with Crippen LogP contribution >= 0.6 is 22.9 Å². The van der Waals surface area contributed by atoms with Gasteiger partial charge in [0.1, 0.15) is 17.2 Å². The van der Waals surface area contributed by atoms with Crippen LogP contribution in [0.3, 0.4) is 0 Å². The molecule has 3 aromatic rings. The molecule has 0 aliphatic rings. The van der Waals surface area contributed by atoms with Gasteiger partial charge in [0.25, 0.3) is 5.91 Å². The Balaban J connectivity index is 1.38. The molecule has 0 aliphatic heterocycles. The van der Waals surface area contributed by atoms with Crippen LogP contribution in [0.2, 0.25) is 5.02 Å². The highest BCUT2D eigenvalue weighted by Gasteiger charge is 2.17. The monoisotopic (exact) mass is 403 g/mol. The van der Waals surface area contributed by atoms with Crippen molar-refractivity contribution in [3.63, 3.8) is 0 Å². The Morgan fingerprint density at radius 1 is 1.00 bits per heavy atom. The van der Waals surface area contributed by atoms with E-state index in [1.807, 2.05) is 54.6 Å². The molecule has 140 valence electrons. The number of rotatable bonds is 8. The minimum atomic E-state index is -0.500. The molecular formula is C20H18ClNO4S. The second-order valence-electron chi connectivity index (χ2n) is 5.66. The number of amides is 1. The van der Waals surface area contributed by atoms with Gasteiger partial charge in [0.15, 0.2) is 0 Å². The molecule has 27 heavy (non-hydrogen) atoms. The molecule has 0 bridgehead atoms. The summed E-state index contributed by atoms with van der Waals surface area (Å²) in [6.45, 7) is 0.467. The summed E-state index contributed by atoms with van der Waals surface area (Å²) in [7, 11) is 0. The van der Waals surface area contributed by atoms with Gasteiger partial charge in [-0.05, 0) is 18.2 Å². The summed E-state index contributed by atoms with van der Waals surface area (Å²) >= 11 is 7.55. The maximum atomic E-state index is 12.3. The van der Waals surface area contributed by atoms with Gasteiger partial charge in [-0.3, -0.25) is 9.59 Å². The zero-order valence-electron chi connectivity index (χ0n) is 14.4. The average molecular weight is 404 g/mol. The lowest BCUT2D eigenvalue weighted by Gasteiger charge is -2.07. The first-order valence-electron chi connectivity index (χ1n) is 8.44. The third-order valence-corrected chi connectivity index (χ3v) is 5.37. The molecule has 1 heterocycles. The van der Waals surface area contributed by atoms with E-state index in [2.05, 4.69) is 5.32 Å². The number of ether oxygens (including phenoxy) is 2. The van der Waals surface area contributed by atoms with Crippen LogP contribution in [0.15, 0.2) is 54.6 Å². The van der Waals surface area contributed by atoms with Crippen LogP contribution in [0.4, 0.5) is 0 Å². The summed E-state index contributed by atoms with van der Waals surface area (Å²) < 4.78 is 11.5. The van der Waals surface area contributed by atoms with E-state index in [9.17, 15) is 9.59 Å². The molecule has 0 fully saturated rings. The summed E-state index contributed by atoms with van der Waals surface area (Å²) in [6, 6.07) is 16.9. The third-order valence-electron chi connectivity index (χ3n) is 3.70. The van der Waals surface area contributed by atoms with Crippen LogP contribution in [0.5, 0.6) is 5.75 Å². The van der Waals surface area contributed by atoms with Gasteiger partial charge in [0.05, 0.1) is 18.2 Å². The van der Waals surface area contributed by atoms with Gasteiger partial charge >= 0.3 is 5.97 Å². The molecule has 0 saturated heterocycles. The average Bonchev–Trinajstić information content (AvgIpc) is 3.04. The molecule has 0 aliphatic carbocycles. The standard InChI is InChI=1S/C20H18ClNO4S/c21-18-15-9-4-5-10-16(15)27-19(18)20(24)22-13-17(23)26-12-6-11-25-14-7-2-1-3-8-14/h1-5,7-10H,6,11-13H2,(H,22,24). The lowest BCUT2D eigenvalue weighted by molar-refractivity contribution is -0.142. The maximum absolute atomic E-state index is 12.3. The largest absolute Gasteiger partial charge is 0.493 e. The smallest absolute Gasteiger partial charge is 0.325 e. The Bertz CT molecular complexity index is 926. The van der Waals surface area contributed by atoms with Crippen molar-refractivity contribution in [3.05, 3.63) is 64.5 Å². The van der Waals surface area contributed by atoms with E-state index in [1.165, 1.54) is 11.3 Å². The van der Waals surface area contributed by atoms with Gasteiger partial charge in [0.2, 0.25) is 0 Å². The van der Waals surface area contributed by atoms with Crippen LogP contribution in [0.25, 0.3) is 10.1 Å². The van der Waals surface area contributed by atoms with Crippen molar-refractivity contribution in [2.24, 2.45) is 0 Å². The van der Waals surface area contributed by atoms with Crippen LogP contribution in [-0.4, -0.2) is 31.6 Å². The molecule has 3 rings (SSSR count). The summed E-state index contributed by atoms with van der Waals surface area (Å²) in [6.07, 6.45) is 0.566. The fourth-order valence-electron chi connectivity index (χ4n) is 2.40. The van der Waals surface area contributed by atoms with Crippen molar-refractivity contribution in [1.82, 2.24) is 5.32 Å². The van der Waals surface area contributed by atoms with Gasteiger partial charge in [0, 0.05) is 16.5 Å². The highest BCUT2D eigenvalue weighted by atomic mass is 35.5. The summed E-state index contributed by atoms with van der Waals surface area (Å²) in [5, 5.41) is 3.78. The Morgan fingerprint density at radius 3 is 2.52 bits per heavy atom. The van der Waals surface area contributed by atoms with Crippen LogP contribution < -0.4 is 10.1 Å². The molecule has 0 atom stereocenters. The Labute approximate surface area is 165 Å².